The number of para-hydroxylation sites is 1. The van der Waals surface area contributed by atoms with E-state index in [1.165, 1.54) is 18.0 Å². The van der Waals surface area contributed by atoms with Crippen molar-refractivity contribution in [2.24, 2.45) is 10.2 Å². The van der Waals surface area contributed by atoms with E-state index in [1.807, 2.05) is 0 Å². The maximum Gasteiger partial charge on any atom is 0.239 e. The SMILES string of the molecule is CC1SC(=NN=Cc2ccccc2O)NC1=O. The number of aromatic hydroxyl groups is 1. The van der Waals surface area contributed by atoms with Crippen molar-refractivity contribution in [3.05, 3.63) is 29.8 Å². The van der Waals surface area contributed by atoms with Crippen LogP contribution < -0.4 is 5.32 Å². The quantitative estimate of drug-likeness (QED) is 0.613. The van der Waals surface area contributed by atoms with Gasteiger partial charge >= 0.3 is 0 Å². The average Bonchev–Trinajstić information content (AvgIpc) is 2.61. The molecule has 6 heteroatoms. The number of amides is 1. The van der Waals surface area contributed by atoms with E-state index in [2.05, 4.69) is 15.5 Å². The Labute approximate surface area is 103 Å². The topological polar surface area (TPSA) is 74.1 Å². The highest BCUT2D eigenvalue weighted by atomic mass is 32.2. The van der Waals surface area contributed by atoms with Crippen LogP contribution in [0.1, 0.15) is 12.5 Å². The summed E-state index contributed by atoms with van der Waals surface area (Å²) in [4.78, 5) is 11.2. The second kappa shape index (κ2) is 5.01. The summed E-state index contributed by atoms with van der Waals surface area (Å²) >= 11 is 1.33. The molecule has 0 aliphatic carbocycles. The van der Waals surface area contributed by atoms with Gasteiger partial charge in [-0.15, -0.1) is 5.10 Å². The minimum atomic E-state index is -0.130. The fraction of sp³-hybridized carbons (Fsp3) is 0.182. The summed E-state index contributed by atoms with van der Waals surface area (Å²) in [6, 6.07) is 6.82. The lowest BCUT2D eigenvalue weighted by Crippen LogP contribution is -2.23. The van der Waals surface area contributed by atoms with Crippen LogP contribution in [0.25, 0.3) is 0 Å². The molecule has 5 nitrogen and oxygen atoms in total. The molecule has 1 fully saturated rings. The first-order chi connectivity index (χ1) is 8.16. The number of benzene rings is 1. The summed E-state index contributed by atoms with van der Waals surface area (Å²) in [6.07, 6.45) is 1.44. The fourth-order valence-corrected chi connectivity index (χ4v) is 2.00. The van der Waals surface area contributed by atoms with Crippen LogP contribution in [0.4, 0.5) is 0 Å². The molecule has 0 saturated carbocycles. The van der Waals surface area contributed by atoms with Crippen molar-refractivity contribution in [1.29, 1.82) is 0 Å². The maximum atomic E-state index is 11.2. The molecule has 2 rings (SSSR count). The standard InChI is InChI=1S/C11H11N3O2S/c1-7-10(16)13-11(17-7)14-12-6-8-4-2-3-5-9(8)15/h2-7,15H,1H3,(H,13,14,16). The van der Waals surface area contributed by atoms with Gasteiger partial charge in [-0.25, -0.2) is 0 Å². The number of rotatable bonds is 2. The van der Waals surface area contributed by atoms with Gasteiger partial charge < -0.3 is 10.4 Å². The predicted molar refractivity (Wildman–Crippen MR) is 68.3 cm³/mol. The Morgan fingerprint density at radius 1 is 1.47 bits per heavy atom. The normalized spacial score (nSPS) is 22.3. The molecule has 1 amide bonds. The van der Waals surface area contributed by atoms with Crippen LogP contribution in [-0.4, -0.2) is 27.6 Å². The number of nitrogens with zero attached hydrogens (tertiary/aromatic N) is 2. The Morgan fingerprint density at radius 3 is 2.88 bits per heavy atom. The summed E-state index contributed by atoms with van der Waals surface area (Å²) in [6.45, 7) is 1.80. The summed E-state index contributed by atoms with van der Waals surface area (Å²) in [7, 11) is 0. The molecule has 1 aromatic rings. The molecule has 1 heterocycles. The van der Waals surface area contributed by atoms with Crippen LogP contribution >= 0.6 is 11.8 Å². The third kappa shape index (κ3) is 2.85. The van der Waals surface area contributed by atoms with E-state index in [9.17, 15) is 9.90 Å². The van der Waals surface area contributed by atoms with Crippen molar-refractivity contribution in [3.8, 4) is 5.75 Å². The zero-order valence-corrected chi connectivity index (χ0v) is 9.94. The molecule has 0 radical (unpaired) electrons. The van der Waals surface area contributed by atoms with Crippen molar-refractivity contribution in [1.82, 2.24) is 5.32 Å². The Morgan fingerprint density at radius 2 is 2.24 bits per heavy atom. The molecule has 1 saturated heterocycles. The van der Waals surface area contributed by atoms with E-state index >= 15 is 0 Å². The van der Waals surface area contributed by atoms with Gasteiger partial charge in [0, 0.05) is 5.56 Å². The highest BCUT2D eigenvalue weighted by molar-refractivity contribution is 8.15. The van der Waals surface area contributed by atoms with Gasteiger partial charge in [-0.1, -0.05) is 23.9 Å². The number of carbonyl (C=O) groups excluding carboxylic acids is 1. The number of hydrogen-bond donors (Lipinski definition) is 2. The van der Waals surface area contributed by atoms with Crippen molar-refractivity contribution >= 4 is 29.1 Å². The number of nitrogens with one attached hydrogen (secondary N) is 1. The number of amidine groups is 1. The molecule has 1 aliphatic heterocycles. The lowest BCUT2D eigenvalue weighted by atomic mass is 10.2. The molecule has 2 N–H and O–H groups in total. The van der Waals surface area contributed by atoms with Crippen molar-refractivity contribution < 1.29 is 9.90 Å². The van der Waals surface area contributed by atoms with E-state index in [4.69, 9.17) is 0 Å². The third-order valence-corrected chi connectivity index (χ3v) is 3.14. The molecule has 1 aromatic carbocycles. The molecule has 0 aromatic heterocycles. The second-order valence-corrected chi connectivity index (χ2v) is 4.79. The lowest BCUT2D eigenvalue weighted by molar-refractivity contribution is -0.118. The first-order valence-electron chi connectivity index (χ1n) is 5.03. The average molecular weight is 249 g/mol. The summed E-state index contributed by atoms with van der Waals surface area (Å²) < 4.78 is 0. The Kier molecular flexibility index (Phi) is 3.43. The zero-order chi connectivity index (χ0) is 12.3. The summed E-state index contributed by atoms with van der Waals surface area (Å²) in [5.41, 5.74) is 0.583. The number of thioether (sulfide) groups is 1. The molecule has 17 heavy (non-hydrogen) atoms. The minimum absolute atomic E-state index is 0.0634. The van der Waals surface area contributed by atoms with Gasteiger partial charge in [-0.05, 0) is 19.1 Å². The highest BCUT2D eigenvalue weighted by Gasteiger charge is 2.25. The minimum Gasteiger partial charge on any atom is -0.507 e. The Hall–Kier alpha value is -1.82. The van der Waals surface area contributed by atoms with Gasteiger partial charge in [-0.2, -0.15) is 5.10 Å². The molecular formula is C11H11N3O2S. The largest absolute Gasteiger partial charge is 0.507 e. The van der Waals surface area contributed by atoms with Gasteiger partial charge in [0.25, 0.3) is 0 Å². The monoisotopic (exact) mass is 249 g/mol. The van der Waals surface area contributed by atoms with E-state index in [1.54, 1.807) is 31.2 Å². The van der Waals surface area contributed by atoms with Crippen LogP contribution in [0, 0.1) is 0 Å². The van der Waals surface area contributed by atoms with Crippen LogP contribution in [-0.2, 0) is 4.79 Å². The van der Waals surface area contributed by atoms with E-state index in [0.717, 1.165) is 0 Å². The lowest BCUT2D eigenvalue weighted by Gasteiger charge is -1.95. The van der Waals surface area contributed by atoms with Crippen molar-refractivity contribution in [3.63, 3.8) is 0 Å². The van der Waals surface area contributed by atoms with Crippen LogP contribution in [0.5, 0.6) is 5.75 Å². The Bertz CT molecular complexity index is 499. The van der Waals surface area contributed by atoms with Gasteiger partial charge in [0.05, 0.1) is 11.5 Å². The van der Waals surface area contributed by atoms with Crippen molar-refractivity contribution in [2.75, 3.05) is 0 Å². The summed E-state index contributed by atoms with van der Waals surface area (Å²) in [5, 5.41) is 20.1. The smallest absolute Gasteiger partial charge is 0.239 e. The molecule has 0 spiro atoms. The van der Waals surface area contributed by atoms with Gasteiger partial charge in [-0.3, -0.25) is 4.79 Å². The van der Waals surface area contributed by atoms with Crippen LogP contribution in [0.3, 0.4) is 0 Å². The van der Waals surface area contributed by atoms with E-state index < -0.39 is 0 Å². The summed E-state index contributed by atoms with van der Waals surface area (Å²) in [5.74, 6) is 0.0828. The molecular weight excluding hydrogens is 238 g/mol. The van der Waals surface area contributed by atoms with Crippen LogP contribution in [0.2, 0.25) is 0 Å². The maximum absolute atomic E-state index is 11.2. The van der Waals surface area contributed by atoms with Gasteiger partial charge in [0.1, 0.15) is 5.75 Å². The first-order valence-corrected chi connectivity index (χ1v) is 5.91. The van der Waals surface area contributed by atoms with Gasteiger partial charge in [0.2, 0.25) is 5.91 Å². The fourth-order valence-electron chi connectivity index (χ4n) is 1.25. The van der Waals surface area contributed by atoms with Gasteiger partial charge in [0.15, 0.2) is 5.17 Å². The van der Waals surface area contributed by atoms with E-state index in [0.29, 0.717) is 10.7 Å². The third-order valence-electron chi connectivity index (χ3n) is 2.17. The zero-order valence-electron chi connectivity index (χ0n) is 9.12. The molecule has 0 bridgehead atoms. The second-order valence-electron chi connectivity index (χ2n) is 3.46. The molecule has 1 unspecified atom stereocenters. The number of phenols is 1. The number of phenolic OH excluding ortho intramolecular Hbond substituents is 1. The Balaban J connectivity index is 2.06. The highest BCUT2D eigenvalue weighted by Crippen LogP contribution is 2.18. The number of hydrogen-bond acceptors (Lipinski definition) is 5. The number of carbonyl (C=O) groups is 1. The molecule has 1 atom stereocenters. The molecule has 88 valence electrons. The predicted octanol–water partition coefficient (Wildman–Crippen LogP) is 1.33. The molecule has 1 aliphatic rings. The van der Waals surface area contributed by atoms with Crippen molar-refractivity contribution in [2.45, 2.75) is 12.2 Å². The van der Waals surface area contributed by atoms with E-state index in [-0.39, 0.29) is 16.9 Å². The van der Waals surface area contributed by atoms with Crippen LogP contribution in [0.15, 0.2) is 34.5 Å². The first kappa shape index (κ1) is 11.7.